The van der Waals surface area contributed by atoms with Crippen molar-refractivity contribution >= 4 is 29.2 Å². The van der Waals surface area contributed by atoms with Crippen LogP contribution in [0.2, 0.25) is 0 Å². The van der Waals surface area contributed by atoms with Gasteiger partial charge in [-0.2, -0.15) is 8.42 Å². The maximum Gasteiger partial charge on any atom is 0.488 e. The molecule has 33 heavy (non-hydrogen) atoms. The maximum absolute atomic E-state index is 13.0. The maximum atomic E-state index is 13.0. The van der Waals surface area contributed by atoms with Crippen LogP contribution in [-0.2, 0) is 21.8 Å². The van der Waals surface area contributed by atoms with Gasteiger partial charge in [0.1, 0.15) is 12.4 Å². The van der Waals surface area contributed by atoms with E-state index in [1.165, 1.54) is 6.07 Å². The lowest BCUT2D eigenvalue weighted by molar-refractivity contribution is 0.142. The first-order chi connectivity index (χ1) is 15.7. The highest BCUT2D eigenvalue weighted by Gasteiger charge is 2.29. The van der Waals surface area contributed by atoms with Gasteiger partial charge >= 0.3 is 16.6 Å². The monoisotopic (exact) mass is 487 g/mol. The summed E-state index contributed by atoms with van der Waals surface area (Å²) < 4.78 is 44.8. The minimum atomic E-state index is -5.19. The number of fused-ring (bicyclic) bond motifs is 3. The molecule has 0 aliphatic heterocycles. The molecule has 0 heterocycles. The topological polar surface area (TPSA) is 81.7 Å². The highest BCUT2D eigenvalue weighted by atomic mass is 32.3. The van der Waals surface area contributed by atoms with Crippen molar-refractivity contribution in [3.63, 3.8) is 0 Å². The number of rotatable bonds is 6. The molecule has 3 aromatic carbocycles. The smallest absolute Gasteiger partial charge is 0.449 e. The standard InChI is InChI=1S/C24H22FNO5S2/c1-14-16(11-22(15(2)23(14)32)31-33(25,28)29)12-26-24(27)30-13-21-19-9-5-3-7-17(19)18-8-4-6-10-20(18)21/h3-11,21,32H,12-13H2,1-2H3,(H,26,27). The number of alkyl carbamates (subject to hydrolysis) is 1. The van der Waals surface area contributed by atoms with Crippen LogP contribution in [0, 0.1) is 13.8 Å². The number of hydrogen-bond acceptors (Lipinski definition) is 6. The van der Waals surface area contributed by atoms with Crippen molar-refractivity contribution in [2.75, 3.05) is 6.61 Å². The summed E-state index contributed by atoms with van der Waals surface area (Å²) in [7, 11) is -5.19. The minimum absolute atomic E-state index is 0.0268. The minimum Gasteiger partial charge on any atom is -0.449 e. The van der Waals surface area contributed by atoms with Crippen molar-refractivity contribution in [1.82, 2.24) is 5.32 Å². The average molecular weight is 488 g/mol. The fraction of sp³-hybridized carbons (Fsp3) is 0.208. The van der Waals surface area contributed by atoms with E-state index >= 15 is 0 Å². The zero-order valence-electron chi connectivity index (χ0n) is 18.0. The molecule has 0 atom stereocenters. The molecule has 0 bridgehead atoms. The van der Waals surface area contributed by atoms with Gasteiger partial charge in [0.25, 0.3) is 0 Å². The van der Waals surface area contributed by atoms with E-state index < -0.39 is 16.6 Å². The first-order valence-electron chi connectivity index (χ1n) is 10.2. The van der Waals surface area contributed by atoms with Crippen molar-refractivity contribution in [3.8, 4) is 16.9 Å². The Balaban J connectivity index is 1.45. The molecule has 0 radical (unpaired) electrons. The van der Waals surface area contributed by atoms with Crippen LogP contribution in [0.3, 0.4) is 0 Å². The van der Waals surface area contributed by atoms with Gasteiger partial charge < -0.3 is 14.2 Å². The van der Waals surface area contributed by atoms with E-state index in [9.17, 15) is 17.1 Å². The summed E-state index contributed by atoms with van der Waals surface area (Å²) >= 11 is 4.36. The molecule has 3 aromatic rings. The number of hydrogen-bond donors (Lipinski definition) is 2. The van der Waals surface area contributed by atoms with Crippen LogP contribution in [0.4, 0.5) is 8.68 Å². The van der Waals surface area contributed by atoms with E-state index in [1.54, 1.807) is 13.8 Å². The molecule has 4 rings (SSSR count). The van der Waals surface area contributed by atoms with Crippen LogP contribution < -0.4 is 9.50 Å². The van der Waals surface area contributed by atoms with Gasteiger partial charge in [-0.1, -0.05) is 52.4 Å². The Labute approximate surface area is 197 Å². The number of halogens is 1. The lowest BCUT2D eigenvalue weighted by Crippen LogP contribution is -2.26. The Kier molecular flexibility index (Phi) is 6.36. The first-order valence-corrected chi connectivity index (χ1v) is 12.0. The number of carbonyl (C=O) groups excluding carboxylic acids is 1. The number of nitrogens with one attached hydrogen (secondary N) is 1. The Morgan fingerprint density at radius 3 is 2.18 bits per heavy atom. The second-order valence-electron chi connectivity index (χ2n) is 7.79. The molecular weight excluding hydrogens is 465 g/mol. The summed E-state index contributed by atoms with van der Waals surface area (Å²) in [5.74, 6) is -0.250. The van der Waals surface area contributed by atoms with Gasteiger partial charge in [0.2, 0.25) is 0 Å². The quantitative estimate of drug-likeness (QED) is 0.368. The van der Waals surface area contributed by atoms with E-state index in [2.05, 4.69) is 34.3 Å². The van der Waals surface area contributed by atoms with E-state index in [0.29, 0.717) is 21.6 Å². The van der Waals surface area contributed by atoms with Crippen LogP contribution >= 0.6 is 12.6 Å². The molecular formula is C24H22FNO5S2. The normalized spacial score (nSPS) is 12.7. The largest absolute Gasteiger partial charge is 0.488 e. The lowest BCUT2D eigenvalue weighted by atomic mass is 9.98. The lowest BCUT2D eigenvalue weighted by Gasteiger charge is -2.16. The third-order valence-corrected chi connectivity index (χ3v) is 6.87. The molecule has 1 amide bonds. The van der Waals surface area contributed by atoms with Crippen LogP contribution in [0.25, 0.3) is 11.1 Å². The summed E-state index contributed by atoms with van der Waals surface area (Å²) in [5.41, 5.74) is 6.09. The number of benzene rings is 3. The van der Waals surface area contributed by atoms with Crippen LogP contribution in [0.1, 0.15) is 33.7 Å². The Hall–Kier alpha value is -3.04. The fourth-order valence-corrected chi connectivity index (χ4v) is 4.76. The van der Waals surface area contributed by atoms with E-state index in [1.807, 2.05) is 36.4 Å². The summed E-state index contributed by atoms with van der Waals surface area (Å²) in [5, 5.41) is 2.65. The number of thiol groups is 1. The molecule has 0 fully saturated rings. The van der Waals surface area contributed by atoms with Crippen LogP contribution in [-0.4, -0.2) is 21.1 Å². The van der Waals surface area contributed by atoms with Crippen LogP contribution in [0.15, 0.2) is 59.5 Å². The van der Waals surface area contributed by atoms with Gasteiger partial charge in [-0.3, -0.25) is 0 Å². The van der Waals surface area contributed by atoms with Gasteiger partial charge in [0.05, 0.1) is 0 Å². The predicted molar refractivity (Wildman–Crippen MR) is 126 cm³/mol. The second-order valence-corrected chi connectivity index (χ2v) is 9.19. The van der Waals surface area contributed by atoms with Crippen molar-refractivity contribution < 1.29 is 26.0 Å². The molecule has 6 nitrogen and oxygen atoms in total. The molecule has 0 saturated heterocycles. The van der Waals surface area contributed by atoms with E-state index in [4.69, 9.17) is 4.74 Å². The zero-order chi connectivity index (χ0) is 23.8. The Morgan fingerprint density at radius 2 is 1.61 bits per heavy atom. The van der Waals surface area contributed by atoms with E-state index in [0.717, 1.165) is 22.3 Å². The molecule has 1 aliphatic carbocycles. The molecule has 1 N–H and O–H groups in total. The third-order valence-electron chi connectivity index (χ3n) is 5.82. The molecule has 0 spiro atoms. The first kappa shape index (κ1) is 23.1. The van der Waals surface area contributed by atoms with Gasteiger partial charge in [-0.05, 0) is 53.3 Å². The highest BCUT2D eigenvalue weighted by Crippen LogP contribution is 2.44. The molecule has 172 valence electrons. The SMILES string of the molecule is Cc1c(CNC(=O)OCC2c3ccccc3-c3ccccc32)cc(OS(=O)(=O)F)c(C)c1S. The Bertz CT molecular complexity index is 1300. The van der Waals surface area contributed by atoms with Gasteiger partial charge in [0.15, 0.2) is 0 Å². The zero-order valence-corrected chi connectivity index (χ0v) is 19.7. The number of carbonyl (C=O) groups is 1. The molecule has 0 unspecified atom stereocenters. The van der Waals surface area contributed by atoms with E-state index in [-0.39, 0.29) is 24.8 Å². The molecule has 0 aromatic heterocycles. The average Bonchev–Trinajstić information content (AvgIpc) is 3.10. The Morgan fingerprint density at radius 1 is 1.03 bits per heavy atom. The van der Waals surface area contributed by atoms with Crippen molar-refractivity contribution in [2.45, 2.75) is 31.2 Å². The summed E-state index contributed by atoms with van der Waals surface area (Å²) in [4.78, 5) is 12.9. The number of amides is 1. The van der Waals surface area contributed by atoms with Crippen molar-refractivity contribution in [2.24, 2.45) is 0 Å². The predicted octanol–water partition coefficient (Wildman–Crippen LogP) is 5.22. The summed E-state index contributed by atoms with van der Waals surface area (Å²) in [6.07, 6.45) is -0.627. The molecule has 9 heteroatoms. The molecule has 0 saturated carbocycles. The van der Waals surface area contributed by atoms with Gasteiger partial charge in [-0.25, -0.2) is 4.79 Å². The van der Waals surface area contributed by atoms with Gasteiger partial charge in [0, 0.05) is 22.9 Å². The van der Waals surface area contributed by atoms with Crippen molar-refractivity contribution in [3.05, 3.63) is 82.4 Å². The van der Waals surface area contributed by atoms with Crippen LogP contribution in [0.5, 0.6) is 5.75 Å². The summed E-state index contributed by atoms with van der Waals surface area (Å²) in [6, 6.07) is 17.4. The third kappa shape index (κ3) is 4.84. The van der Waals surface area contributed by atoms with Crippen molar-refractivity contribution in [1.29, 1.82) is 0 Å². The fourth-order valence-electron chi connectivity index (χ4n) is 4.12. The van der Waals surface area contributed by atoms with Gasteiger partial charge in [-0.15, -0.1) is 12.6 Å². The number of ether oxygens (including phenoxy) is 1. The highest BCUT2D eigenvalue weighted by molar-refractivity contribution is 7.81. The second kappa shape index (κ2) is 9.07. The summed E-state index contributed by atoms with van der Waals surface area (Å²) in [6.45, 7) is 3.52. The molecule has 1 aliphatic rings.